The monoisotopic (exact) mass is 304 g/mol. The average Bonchev–Trinajstić information content (AvgIpc) is 3.07. The van der Waals surface area contributed by atoms with Crippen molar-refractivity contribution in [3.63, 3.8) is 0 Å². The maximum absolute atomic E-state index is 6.25. The summed E-state index contributed by atoms with van der Waals surface area (Å²) < 4.78 is 1.86. The van der Waals surface area contributed by atoms with E-state index in [2.05, 4.69) is 15.4 Å². The molecule has 0 aliphatic heterocycles. The van der Waals surface area contributed by atoms with E-state index in [1.54, 1.807) is 11.3 Å². The second-order valence-corrected chi connectivity index (χ2v) is 6.41. The zero-order chi connectivity index (χ0) is 13.5. The second kappa shape index (κ2) is 4.75. The molecule has 6 heteroatoms. The Morgan fingerprint density at radius 3 is 3.00 bits per heavy atom. The Hall–Kier alpha value is -1.59. The summed E-state index contributed by atoms with van der Waals surface area (Å²) in [6, 6.07) is 7.77. The first-order valence-electron chi connectivity index (χ1n) is 6.64. The number of nitrogens with zero attached hydrogens (tertiary/aromatic N) is 3. The van der Waals surface area contributed by atoms with Gasteiger partial charge in [-0.2, -0.15) is 0 Å². The number of benzene rings is 1. The lowest BCUT2D eigenvalue weighted by Gasteiger charge is -2.01. The fourth-order valence-corrected chi connectivity index (χ4v) is 3.18. The summed E-state index contributed by atoms with van der Waals surface area (Å²) in [5.41, 5.74) is 1.89. The highest BCUT2D eigenvalue weighted by molar-refractivity contribution is 7.20. The fraction of sp³-hybridized carbons (Fsp3) is 0.286. The normalized spacial score (nSPS) is 14.8. The molecule has 0 saturated heterocycles. The van der Waals surface area contributed by atoms with E-state index in [4.69, 9.17) is 11.6 Å². The summed E-state index contributed by atoms with van der Waals surface area (Å²) in [5.74, 6) is 0.828. The largest absolute Gasteiger partial charge is 0.360 e. The Labute approximate surface area is 125 Å². The highest BCUT2D eigenvalue weighted by Gasteiger charge is 2.21. The van der Waals surface area contributed by atoms with Crippen LogP contribution in [0.5, 0.6) is 0 Å². The highest BCUT2D eigenvalue weighted by atomic mass is 35.5. The van der Waals surface area contributed by atoms with Gasteiger partial charge in [0.25, 0.3) is 0 Å². The van der Waals surface area contributed by atoms with Crippen LogP contribution < -0.4 is 5.32 Å². The predicted molar refractivity (Wildman–Crippen MR) is 82.5 cm³/mol. The van der Waals surface area contributed by atoms with Gasteiger partial charge in [0.1, 0.15) is 0 Å². The van der Waals surface area contributed by atoms with Crippen LogP contribution in [-0.4, -0.2) is 21.1 Å². The van der Waals surface area contributed by atoms with Crippen LogP contribution in [0, 0.1) is 5.92 Å². The molecule has 1 N–H and O–H groups in total. The summed E-state index contributed by atoms with van der Waals surface area (Å²) in [5, 5.41) is 9.62. The smallest absolute Gasteiger partial charge is 0.214 e. The molecule has 1 aliphatic carbocycles. The number of rotatable bonds is 4. The van der Waals surface area contributed by atoms with Crippen molar-refractivity contribution >= 4 is 33.0 Å². The molecule has 102 valence electrons. The quantitative estimate of drug-likeness (QED) is 0.794. The number of aromatic nitrogens is 3. The zero-order valence-corrected chi connectivity index (χ0v) is 12.3. The highest BCUT2D eigenvalue weighted by Crippen LogP contribution is 2.32. The minimum atomic E-state index is 0.717. The number of imidazole rings is 1. The first-order valence-corrected chi connectivity index (χ1v) is 7.84. The van der Waals surface area contributed by atoms with Crippen LogP contribution in [0.4, 0.5) is 5.13 Å². The number of hydrogen-bond acceptors (Lipinski definition) is 4. The topological polar surface area (TPSA) is 42.2 Å². The summed E-state index contributed by atoms with van der Waals surface area (Å²) in [4.78, 5) is 5.31. The molecule has 4 rings (SSSR count). The molecule has 20 heavy (non-hydrogen) atoms. The third-order valence-electron chi connectivity index (χ3n) is 3.47. The van der Waals surface area contributed by atoms with Crippen molar-refractivity contribution < 1.29 is 0 Å². The SMILES string of the molecule is Clc1ccccc1-c1cnc2sc(NCC3CC3)nn12. The van der Waals surface area contributed by atoms with Crippen LogP contribution in [0.3, 0.4) is 0 Å². The van der Waals surface area contributed by atoms with Crippen LogP contribution in [-0.2, 0) is 0 Å². The Morgan fingerprint density at radius 1 is 1.35 bits per heavy atom. The van der Waals surface area contributed by atoms with E-state index in [0.717, 1.165) is 38.8 Å². The van der Waals surface area contributed by atoms with Gasteiger partial charge in [0.05, 0.1) is 16.9 Å². The second-order valence-electron chi connectivity index (χ2n) is 5.05. The van der Waals surface area contributed by atoms with Crippen molar-refractivity contribution in [2.45, 2.75) is 12.8 Å². The minimum absolute atomic E-state index is 0.717. The van der Waals surface area contributed by atoms with Gasteiger partial charge in [-0.15, -0.1) is 5.10 Å². The molecule has 2 aromatic heterocycles. The van der Waals surface area contributed by atoms with Gasteiger partial charge < -0.3 is 5.32 Å². The van der Waals surface area contributed by atoms with Gasteiger partial charge in [-0.05, 0) is 24.8 Å². The summed E-state index contributed by atoms with van der Waals surface area (Å²) >= 11 is 7.83. The minimum Gasteiger partial charge on any atom is -0.360 e. The summed E-state index contributed by atoms with van der Waals surface area (Å²) in [6.07, 6.45) is 4.49. The van der Waals surface area contributed by atoms with Crippen molar-refractivity contribution in [2.24, 2.45) is 5.92 Å². The van der Waals surface area contributed by atoms with Crippen molar-refractivity contribution in [3.8, 4) is 11.3 Å². The molecule has 1 aromatic carbocycles. The Balaban J connectivity index is 1.71. The third-order valence-corrected chi connectivity index (χ3v) is 4.68. The molecule has 0 unspecified atom stereocenters. The van der Waals surface area contributed by atoms with E-state index in [9.17, 15) is 0 Å². The number of fused-ring (bicyclic) bond motifs is 1. The molecular formula is C14H13ClN4S. The summed E-state index contributed by atoms with van der Waals surface area (Å²) in [6.45, 7) is 1.01. The molecule has 1 fully saturated rings. The van der Waals surface area contributed by atoms with Crippen LogP contribution in [0.2, 0.25) is 5.02 Å². The lowest BCUT2D eigenvalue weighted by molar-refractivity contribution is 0.875. The van der Waals surface area contributed by atoms with Gasteiger partial charge in [0.2, 0.25) is 10.1 Å². The van der Waals surface area contributed by atoms with E-state index in [1.807, 2.05) is 35.0 Å². The molecule has 0 spiro atoms. The third kappa shape index (κ3) is 2.17. The molecule has 0 radical (unpaired) electrons. The number of anilines is 1. The molecule has 4 nitrogen and oxygen atoms in total. The van der Waals surface area contributed by atoms with Crippen molar-refractivity contribution in [3.05, 3.63) is 35.5 Å². The Morgan fingerprint density at radius 2 is 2.20 bits per heavy atom. The van der Waals surface area contributed by atoms with Gasteiger partial charge >= 0.3 is 0 Å². The van der Waals surface area contributed by atoms with Crippen molar-refractivity contribution in [2.75, 3.05) is 11.9 Å². The Bertz CT molecular complexity index is 759. The maximum atomic E-state index is 6.25. The van der Waals surface area contributed by atoms with Gasteiger partial charge in [-0.25, -0.2) is 9.50 Å². The van der Waals surface area contributed by atoms with Crippen molar-refractivity contribution in [1.82, 2.24) is 14.6 Å². The molecule has 0 amide bonds. The predicted octanol–water partition coefficient (Wildman–Crippen LogP) is 3.93. The van der Waals surface area contributed by atoms with E-state index < -0.39 is 0 Å². The van der Waals surface area contributed by atoms with Crippen LogP contribution in [0.15, 0.2) is 30.5 Å². The Kier molecular flexibility index (Phi) is 2.89. The molecule has 0 bridgehead atoms. The number of halogens is 1. The maximum Gasteiger partial charge on any atom is 0.214 e. The van der Waals surface area contributed by atoms with E-state index in [1.165, 1.54) is 12.8 Å². The molecular weight excluding hydrogens is 292 g/mol. The first kappa shape index (κ1) is 12.2. The number of hydrogen-bond donors (Lipinski definition) is 1. The van der Waals surface area contributed by atoms with Gasteiger partial charge in [0, 0.05) is 12.1 Å². The molecule has 2 heterocycles. The van der Waals surface area contributed by atoms with Crippen LogP contribution >= 0.6 is 22.9 Å². The lowest BCUT2D eigenvalue weighted by atomic mass is 10.2. The van der Waals surface area contributed by atoms with Crippen LogP contribution in [0.25, 0.3) is 16.2 Å². The summed E-state index contributed by atoms with van der Waals surface area (Å²) in [7, 11) is 0. The molecule has 3 aromatic rings. The van der Waals surface area contributed by atoms with Crippen molar-refractivity contribution in [1.29, 1.82) is 0 Å². The average molecular weight is 305 g/mol. The van der Waals surface area contributed by atoms with E-state index in [-0.39, 0.29) is 0 Å². The molecule has 0 atom stereocenters. The zero-order valence-electron chi connectivity index (χ0n) is 10.7. The van der Waals surface area contributed by atoms with Gasteiger partial charge in [0.15, 0.2) is 0 Å². The molecule has 1 saturated carbocycles. The molecule has 1 aliphatic rings. The van der Waals surface area contributed by atoms with E-state index in [0.29, 0.717) is 0 Å². The standard InChI is InChI=1S/C14H13ClN4S/c15-11-4-2-1-3-10(11)12-8-17-14-19(12)18-13(20-14)16-7-9-5-6-9/h1-4,8-9H,5-7H2,(H,16,18). The lowest BCUT2D eigenvalue weighted by Crippen LogP contribution is -2.03. The van der Waals surface area contributed by atoms with Crippen LogP contribution in [0.1, 0.15) is 12.8 Å². The van der Waals surface area contributed by atoms with Gasteiger partial charge in [-0.3, -0.25) is 0 Å². The first-order chi connectivity index (χ1) is 9.81. The van der Waals surface area contributed by atoms with Gasteiger partial charge in [-0.1, -0.05) is 41.1 Å². The fourth-order valence-electron chi connectivity index (χ4n) is 2.17. The number of nitrogens with one attached hydrogen (secondary N) is 1. The van der Waals surface area contributed by atoms with E-state index >= 15 is 0 Å².